The highest BCUT2D eigenvalue weighted by Crippen LogP contribution is 2.40. The molecule has 0 N–H and O–H groups in total. The van der Waals surface area contributed by atoms with Crippen LogP contribution in [-0.4, -0.2) is 11.9 Å². The summed E-state index contributed by atoms with van der Waals surface area (Å²) in [6.07, 6.45) is 2.10. The van der Waals surface area contributed by atoms with E-state index in [9.17, 15) is 4.79 Å². The van der Waals surface area contributed by atoms with Gasteiger partial charge in [0.1, 0.15) is 5.75 Å². The molecule has 0 amide bonds. The van der Waals surface area contributed by atoms with Crippen LogP contribution in [0.25, 0.3) is 6.08 Å². The minimum Gasteiger partial charge on any atom is -0.491 e. The Bertz CT molecular complexity index is 699. The minimum atomic E-state index is 0.109. The summed E-state index contributed by atoms with van der Waals surface area (Å²) in [4.78, 5) is 14.1. The van der Waals surface area contributed by atoms with Gasteiger partial charge in [-0.25, -0.2) is 0 Å². The monoisotopic (exact) mass is 296 g/mol. The van der Waals surface area contributed by atoms with Crippen LogP contribution in [0.4, 0.5) is 0 Å². The Labute approximate surface area is 128 Å². The molecule has 2 aromatic carbocycles. The van der Waals surface area contributed by atoms with E-state index >= 15 is 0 Å². The molecule has 0 saturated heterocycles. The van der Waals surface area contributed by atoms with Gasteiger partial charge in [-0.1, -0.05) is 36.0 Å². The topological polar surface area (TPSA) is 26.3 Å². The zero-order valence-electron chi connectivity index (χ0n) is 12.0. The van der Waals surface area contributed by atoms with Crippen molar-refractivity contribution in [3.8, 4) is 5.75 Å². The van der Waals surface area contributed by atoms with Crippen LogP contribution in [0.15, 0.2) is 58.3 Å². The van der Waals surface area contributed by atoms with Crippen LogP contribution in [0.3, 0.4) is 0 Å². The second-order valence-corrected chi connectivity index (χ2v) is 6.26. The Hall–Kier alpha value is -2.00. The molecule has 2 aromatic rings. The third-order valence-corrected chi connectivity index (χ3v) is 4.22. The number of rotatable bonds is 3. The van der Waals surface area contributed by atoms with E-state index in [-0.39, 0.29) is 11.9 Å². The molecule has 1 aliphatic heterocycles. The molecule has 0 aromatic heterocycles. The van der Waals surface area contributed by atoms with E-state index in [0.29, 0.717) is 0 Å². The smallest absolute Gasteiger partial charge is 0.200 e. The summed E-state index contributed by atoms with van der Waals surface area (Å²) in [5.74, 6) is 0.957. The van der Waals surface area contributed by atoms with Crippen molar-refractivity contribution in [2.45, 2.75) is 24.8 Å². The Morgan fingerprint density at radius 3 is 2.43 bits per heavy atom. The predicted octanol–water partition coefficient (Wildman–Crippen LogP) is 4.80. The van der Waals surface area contributed by atoms with Crippen LogP contribution in [0.5, 0.6) is 5.75 Å². The van der Waals surface area contributed by atoms with Gasteiger partial charge < -0.3 is 4.74 Å². The molecule has 2 nitrogen and oxygen atoms in total. The molecule has 3 rings (SSSR count). The van der Waals surface area contributed by atoms with Gasteiger partial charge in [0.2, 0.25) is 5.78 Å². The SMILES string of the molecule is CC(C)Oc1ccc(/C=C2\Sc3ccccc3C2=O)cc1. The Balaban J connectivity index is 1.82. The van der Waals surface area contributed by atoms with E-state index in [1.807, 2.05) is 68.5 Å². The molecule has 106 valence electrons. The van der Waals surface area contributed by atoms with E-state index in [4.69, 9.17) is 4.74 Å². The highest BCUT2D eigenvalue weighted by Gasteiger charge is 2.24. The lowest BCUT2D eigenvalue weighted by Crippen LogP contribution is -2.05. The molecule has 0 spiro atoms. The summed E-state index contributed by atoms with van der Waals surface area (Å²) >= 11 is 1.53. The zero-order valence-corrected chi connectivity index (χ0v) is 12.8. The molecule has 0 atom stereocenters. The first kappa shape index (κ1) is 14.0. The Morgan fingerprint density at radius 2 is 1.76 bits per heavy atom. The van der Waals surface area contributed by atoms with Crippen molar-refractivity contribution in [3.63, 3.8) is 0 Å². The number of carbonyl (C=O) groups excluding carboxylic acids is 1. The first-order valence-corrected chi connectivity index (χ1v) is 7.75. The number of hydrogen-bond donors (Lipinski definition) is 0. The number of carbonyl (C=O) groups is 1. The Morgan fingerprint density at radius 1 is 1.05 bits per heavy atom. The quantitative estimate of drug-likeness (QED) is 0.761. The van der Waals surface area contributed by atoms with Crippen molar-refractivity contribution in [1.29, 1.82) is 0 Å². The number of allylic oxidation sites excluding steroid dienone is 1. The van der Waals surface area contributed by atoms with Gasteiger partial charge in [0, 0.05) is 10.5 Å². The highest BCUT2D eigenvalue weighted by molar-refractivity contribution is 8.04. The number of ether oxygens (including phenoxy) is 1. The minimum absolute atomic E-state index is 0.109. The predicted molar refractivity (Wildman–Crippen MR) is 86.8 cm³/mol. The third-order valence-electron chi connectivity index (χ3n) is 3.13. The van der Waals surface area contributed by atoms with E-state index in [1.54, 1.807) is 0 Å². The van der Waals surface area contributed by atoms with Crippen molar-refractivity contribution in [2.24, 2.45) is 0 Å². The van der Waals surface area contributed by atoms with E-state index in [0.717, 1.165) is 26.7 Å². The molecule has 1 aliphatic rings. The summed E-state index contributed by atoms with van der Waals surface area (Å²) in [6, 6.07) is 15.5. The highest BCUT2D eigenvalue weighted by atomic mass is 32.2. The van der Waals surface area contributed by atoms with Crippen molar-refractivity contribution in [2.75, 3.05) is 0 Å². The molecular formula is C18H16O2S. The van der Waals surface area contributed by atoms with Gasteiger partial charge in [0.05, 0.1) is 11.0 Å². The molecule has 0 aliphatic carbocycles. The van der Waals surface area contributed by atoms with Crippen LogP contribution >= 0.6 is 11.8 Å². The van der Waals surface area contributed by atoms with Crippen LogP contribution < -0.4 is 4.74 Å². The van der Waals surface area contributed by atoms with Gasteiger partial charge in [-0.2, -0.15) is 0 Å². The van der Waals surface area contributed by atoms with E-state index in [2.05, 4.69) is 0 Å². The fourth-order valence-corrected chi connectivity index (χ4v) is 3.25. The number of fused-ring (bicyclic) bond motifs is 1. The van der Waals surface area contributed by atoms with E-state index in [1.165, 1.54) is 11.8 Å². The molecule has 0 fully saturated rings. The summed E-state index contributed by atoms with van der Waals surface area (Å²) in [7, 11) is 0. The van der Waals surface area contributed by atoms with Gasteiger partial charge in [-0.3, -0.25) is 4.79 Å². The van der Waals surface area contributed by atoms with Gasteiger partial charge in [0.25, 0.3) is 0 Å². The standard InChI is InChI=1S/C18H16O2S/c1-12(2)20-14-9-7-13(8-10-14)11-17-18(19)15-5-3-4-6-16(15)21-17/h3-12H,1-2H3/b17-11-. The largest absolute Gasteiger partial charge is 0.491 e. The number of thioether (sulfide) groups is 1. The molecule has 3 heteroatoms. The lowest BCUT2D eigenvalue weighted by molar-refractivity contribution is 0.104. The summed E-state index contributed by atoms with van der Waals surface area (Å²) in [5.41, 5.74) is 1.81. The maximum Gasteiger partial charge on any atom is 0.200 e. The Kier molecular flexibility index (Phi) is 3.84. The van der Waals surface area contributed by atoms with E-state index < -0.39 is 0 Å². The fraction of sp³-hybridized carbons (Fsp3) is 0.167. The van der Waals surface area contributed by atoms with Gasteiger partial charge in [-0.05, 0) is 49.8 Å². The van der Waals surface area contributed by atoms with Crippen molar-refractivity contribution in [1.82, 2.24) is 0 Å². The summed E-state index contributed by atoms with van der Waals surface area (Å²) < 4.78 is 5.62. The molecule has 0 radical (unpaired) electrons. The van der Waals surface area contributed by atoms with Crippen LogP contribution in [0.1, 0.15) is 29.8 Å². The van der Waals surface area contributed by atoms with Crippen LogP contribution in [0.2, 0.25) is 0 Å². The number of ketones is 1. The van der Waals surface area contributed by atoms with Crippen LogP contribution in [0, 0.1) is 0 Å². The fourth-order valence-electron chi connectivity index (χ4n) is 2.20. The van der Waals surface area contributed by atoms with Crippen molar-refractivity contribution in [3.05, 3.63) is 64.6 Å². The number of benzene rings is 2. The van der Waals surface area contributed by atoms with Gasteiger partial charge in [-0.15, -0.1) is 0 Å². The maximum absolute atomic E-state index is 12.3. The molecular weight excluding hydrogens is 280 g/mol. The second-order valence-electron chi connectivity index (χ2n) is 5.17. The van der Waals surface area contributed by atoms with Crippen LogP contribution in [-0.2, 0) is 0 Å². The zero-order chi connectivity index (χ0) is 14.8. The first-order chi connectivity index (χ1) is 10.1. The molecule has 0 unspecified atom stereocenters. The molecule has 0 bridgehead atoms. The van der Waals surface area contributed by atoms with Gasteiger partial charge >= 0.3 is 0 Å². The average molecular weight is 296 g/mol. The maximum atomic E-state index is 12.3. The number of Topliss-reactive ketones (excluding diaryl/α,β-unsaturated/α-hetero) is 1. The molecule has 21 heavy (non-hydrogen) atoms. The summed E-state index contributed by atoms with van der Waals surface area (Å²) in [5, 5.41) is 0. The molecule has 1 heterocycles. The third kappa shape index (κ3) is 3.03. The van der Waals surface area contributed by atoms with Crippen molar-refractivity contribution >= 4 is 23.6 Å². The van der Waals surface area contributed by atoms with Crippen molar-refractivity contribution < 1.29 is 9.53 Å². The van der Waals surface area contributed by atoms with Gasteiger partial charge in [0.15, 0.2) is 0 Å². The second kappa shape index (κ2) is 5.78. The average Bonchev–Trinajstić information content (AvgIpc) is 2.78. The summed E-state index contributed by atoms with van der Waals surface area (Å²) in [6.45, 7) is 4.00. The first-order valence-electron chi connectivity index (χ1n) is 6.93. The lowest BCUT2D eigenvalue weighted by atomic mass is 10.1. The lowest BCUT2D eigenvalue weighted by Gasteiger charge is -2.09. The number of hydrogen-bond acceptors (Lipinski definition) is 3. The molecule has 0 saturated carbocycles. The normalized spacial score (nSPS) is 15.6.